The molecule has 0 fully saturated rings. The lowest BCUT2D eigenvalue weighted by atomic mass is 9.98. The molecule has 0 aliphatic heterocycles. The van der Waals surface area contributed by atoms with Crippen molar-refractivity contribution >= 4 is 34.2 Å². The number of rotatable bonds is 11. The second-order valence-electron chi connectivity index (χ2n) is 10.8. The molecule has 0 spiro atoms. The van der Waals surface area contributed by atoms with Gasteiger partial charge in [0.15, 0.2) is 0 Å². The quantitative estimate of drug-likeness (QED) is 0.155. The molecular formula is C32H32Cl2N8O4. The summed E-state index contributed by atoms with van der Waals surface area (Å²) in [4.78, 5) is 26.3. The van der Waals surface area contributed by atoms with Crippen molar-refractivity contribution in [1.82, 2.24) is 39.0 Å². The molecule has 0 aliphatic carbocycles. The molecule has 0 bridgehead atoms. The van der Waals surface area contributed by atoms with Gasteiger partial charge in [-0.15, -0.1) is 0 Å². The zero-order chi connectivity index (χ0) is 32.5. The molecule has 0 saturated heterocycles. The highest BCUT2D eigenvalue weighted by Gasteiger charge is 2.20. The van der Waals surface area contributed by atoms with E-state index in [-0.39, 0.29) is 24.3 Å². The molecule has 0 unspecified atom stereocenters. The smallest absolute Gasteiger partial charge is 0.276 e. The van der Waals surface area contributed by atoms with E-state index in [9.17, 15) is 9.59 Å². The summed E-state index contributed by atoms with van der Waals surface area (Å²) in [7, 11) is 3.40. The number of hydrogen-bond acceptors (Lipinski definition) is 8. The van der Waals surface area contributed by atoms with Crippen molar-refractivity contribution in [3.05, 3.63) is 103 Å². The van der Waals surface area contributed by atoms with Crippen LogP contribution in [0.1, 0.15) is 11.4 Å². The number of halogens is 2. The van der Waals surface area contributed by atoms with Crippen LogP contribution in [0.25, 0.3) is 44.7 Å². The Kier molecular flexibility index (Phi) is 9.09. The molecule has 6 aromatic rings. The lowest BCUT2D eigenvalue weighted by Gasteiger charge is -2.12. The second kappa shape index (κ2) is 13.2. The zero-order valence-corrected chi connectivity index (χ0v) is 26.7. The topological polar surface area (TPSA) is 143 Å². The van der Waals surface area contributed by atoms with Crippen molar-refractivity contribution in [3.8, 4) is 33.6 Å². The highest BCUT2D eigenvalue weighted by molar-refractivity contribution is 6.39. The first-order chi connectivity index (χ1) is 22.2. The monoisotopic (exact) mass is 662 g/mol. The van der Waals surface area contributed by atoms with E-state index in [0.29, 0.717) is 92.3 Å². The molecule has 0 atom stereocenters. The Balaban J connectivity index is 1.39. The van der Waals surface area contributed by atoms with Gasteiger partial charge in [-0.2, -0.15) is 10.2 Å². The standard InChI is InChI=1S/C32H32Cl2N8O4/c1-39-19(15-35-9-11-43)17-41-27(31(39)45)13-25(37-41)23-7-3-5-21(29(23)33)22-6-4-8-24(30(22)34)26-14-28-32(46)40(2)20(16-36-10-12-44)18-42(28)38-26/h3-8,13-14,17-18,35-36,43-44H,9-12,15-16H2,1-2H3. The van der Waals surface area contributed by atoms with E-state index in [2.05, 4.69) is 20.8 Å². The van der Waals surface area contributed by atoms with E-state index >= 15 is 0 Å². The molecule has 6 rings (SSSR count). The molecule has 0 aliphatic rings. The van der Waals surface area contributed by atoms with Crippen molar-refractivity contribution in [1.29, 1.82) is 0 Å². The average molecular weight is 664 g/mol. The van der Waals surface area contributed by atoms with Crippen LogP contribution in [0.2, 0.25) is 10.0 Å². The Hall–Kier alpha value is -4.30. The molecule has 0 amide bonds. The van der Waals surface area contributed by atoms with Gasteiger partial charge < -0.3 is 30.0 Å². The number of aromatic nitrogens is 6. The Morgan fingerprint density at radius 2 is 1.07 bits per heavy atom. The number of benzene rings is 2. The summed E-state index contributed by atoms with van der Waals surface area (Å²) in [6.07, 6.45) is 3.55. The fourth-order valence-electron chi connectivity index (χ4n) is 5.42. The first kappa shape index (κ1) is 31.7. The van der Waals surface area contributed by atoms with Crippen molar-refractivity contribution in [3.63, 3.8) is 0 Å². The number of nitrogens with one attached hydrogen (secondary N) is 2. The normalized spacial score (nSPS) is 11.7. The van der Waals surface area contributed by atoms with Crippen LogP contribution in [0.15, 0.2) is 70.5 Å². The summed E-state index contributed by atoms with van der Waals surface area (Å²) in [5.74, 6) is 0. The molecule has 4 heterocycles. The van der Waals surface area contributed by atoms with Crippen LogP contribution in [0.3, 0.4) is 0 Å². The number of aliphatic hydroxyl groups is 2. The Bertz CT molecular complexity index is 2050. The lowest BCUT2D eigenvalue weighted by molar-refractivity contribution is 0.291. The van der Waals surface area contributed by atoms with Gasteiger partial charge in [0.2, 0.25) is 0 Å². The molecule has 0 radical (unpaired) electrons. The summed E-state index contributed by atoms with van der Waals surface area (Å²) < 4.78 is 6.20. The van der Waals surface area contributed by atoms with Crippen molar-refractivity contribution in [2.24, 2.45) is 14.1 Å². The molecule has 0 saturated carbocycles. The average Bonchev–Trinajstić information content (AvgIpc) is 3.67. The van der Waals surface area contributed by atoms with E-state index in [1.807, 2.05) is 36.4 Å². The van der Waals surface area contributed by atoms with Crippen LogP contribution in [-0.2, 0) is 27.2 Å². The van der Waals surface area contributed by atoms with Gasteiger partial charge in [-0.1, -0.05) is 59.6 Å². The predicted octanol–water partition coefficient (Wildman–Crippen LogP) is 2.85. The number of hydrogen-bond donors (Lipinski definition) is 4. The van der Waals surface area contributed by atoms with Gasteiger partial charge in [-0.05, 0) is 12.1 Å². The molecule has 238 valence electrons. The largest absolute Gasteiger partial charge is 0.395 e. The maximum atomic E-state index is 13.1. The van der Waals surface area contributed by atoms with E-state index in [1.165, 1.54) is 0 Å². The Labute approximate surface area is 273 Å². The van der Waals surface area contributed by atoms with Crippen LogP contribution in [-0.4, -0.2) is 64.9 Å². The fraction of sp³-hybridized carbons (Fsp3) is 0.250. The molecule has 46 heavy (non-hydrogen) atoms. The molecule has 12 nitrogen and oxygen atoms in total. The van der Waals surface area contributed by atoms with Crippen LogP contribution < -0.4 is 21.8 Å². The minimum absolute atomic E-state index is 0.00567. The maximum absolute atomic E-state index is 13.1. The first-order valence-corrected chi connectivity index (χ1v) is 15.4. The van der Waals surface area contributed by atoms with Crippen molar-refractivity contribution in [2.45, 2.75) is 13.1 Å². The number of fused-ring (bicyclic) bond motifs is 2. The van der Waals surface area contributed by atoms with Gasteiger partial charge in [0, 0.05) is 62.5 Å². The van der Waals surface area contributed by atoms with Crippen molar-refractivity contribution in [2.75, 3.05) is 26.3 Å². The van der Waals surface area contributed by atoms with Gasteiger partial charge in [-0.25, -0.2) is 9.03 Å². The minimum atomic E-state index is -0.208. The summed E-state index contributed by atoms with van der Waals surface area (Å²) >= 11 is 14.0. The maximum Gasteiger partial charge on any atom is 0.276 e. The lowest BCUT2D eigenvalue weighted by Crippen LogP contribution is -2.27. The van der Waals surface area contributed by atoms with E-state index in [0.717, 1.165) is 0 Å². The predicted molar refractivity (Wildman–Crippen MR) is 178 cm³/mol. The first-order valence-electron chi connectivity index (χ1n) is 14.6. The molecule has 4 aromatic heterocycles. The molecule has 14 heteroatoms. The summed E-state index contributed by atoms with van der Waals surface area (Å²) in [5.41, 5.74) is 5.45. The number of nitrogens with zero attached hydrogens (tertiary/aromatic N) is 6. The van der Waals surface area contributed by atoms with E-state index in [4.69, 9.17) is 33.4 Å². The van der Waals surface area contributed by atoms with Crippen LogP contribution >= 0.6 is 23.2 Å². The van der Waals surface area contributed by atoms with Crippen LogP contribution in [0.4, 0.5) is 0 Å². The van der Waals surface area contributed by atoms with Gasteiger partial charge in [0.1, 0.15) is 11.0 Å². The van der Waals surface area contributed by atoms with Crippen LogP contribution in [0, 0.1) is 0 Å². The minimum Gasteiger partial charge on any atom is -0.395 e. The number of aliphatic hydroxyl groups excluding tert-OH is 2. The van der Waals surface area contributed by atoms with Gasteiger partial charge in [0.25, 0.3) is 11.1 Å². The Morgan fingerprint density at radius 1 is 0.674 bits per heavy atom. The SMILES string of the molecule is Cn1c(CNCCO)cn2nc(-c3cccc(-c4cccc(-c5cc6c(=O)n(C)c(CNCCO)cn6n5)c4Cl)c3Cl)cc2c1=O. The highest BCUT2D eigenvalue weighted by atomic mass is 35.5. The van der Waals surface area contributed by atoms with Gasteiger partial charge >= 0.3 is 0 Å². The Morgan fingerprint density at radius 3 is 1.46 bits per heavy atom. The third-order valence-electron chi connectivity index (χ3n) is 7.95. The highest BCUT2D eigenvalue weighted by Crippen LogP contribution is 2.42. The molecular weight excluding hydrogens is 631 g/mol. The van der Waals surface area contributed by atoms with Crippen molar-refractivity contribution < 1.29 is 10.2 Å². The fourth-order valence-corrected chi connectivity index (χ4v) is 6.07. The summed E-state index contributed by atoms with van der Waals surface area (Å²) in [6.45, 7) is 1.59. The van der Waals surface area contributed by atoms with E-state index in [1.54, 1.807) is 56.8 Å². The summed E-state index contributed by atoms with van der Waals surface area (Å²) in [6, 6.07) is 14.5. The molecule has 4 N–H and O–H groups in total. The second-order valence-corrected chi connectivity index (χ2v) is 11.6. The summed E-state index contributed by atoms with van der Waals surface area (Å²) in [5, 5.41) is 34.5. The van der Waals surface area contributed by atoms with Gasteiger partial charge in [0.05, 0.1) is 58.4 Å². The molecule has 2 aromatic carbocycles. The van der Waals surface area contributed by atoms with Gasteiger partial charge in [-0.3, -0.25) is 9.59 Å². The van der Waals surface area contributed by atoms with Crippen LogP contribution in [0.5, 0.6) is 0 Å². The third kappa shape index (κ3) is 5.75. The van der Waals surface area contributed by atoms with E-state index < -0.39 is 0 Å². The zero-order valence-electron chi connectivity index (χ0n) is 25.2. The third-order valence-corrected chi connectivity index (χ3v) is 8.77.